The van der Waals surface area contributed by atoms with E-state index >= 15 is 0 Å². The topological polar surface area (TPSA) is 86.2 Å². The SMILES string of the molecule is C=C/C(=C/C=C\C)C(COc1nnc(NC(=O)c2cnc(C)cc2-c2ccccc2OC)s1)=C(C)C. The maximum atomic E-state index is 13.2. The second kappa shape index (κ2) is 12.6. The average Bonchev–Trinajstić information content (AvgIpc) is 3.32. The minimum Gasteiger partial charge on any atom is -0.496 e. The zero-order valence-corrected chi connectivity index (χ0v) is 22.0. The van der Waals surface area contributed by atoms with E-state index in [0.29, 0.717) is 28.2 Å². The van der Waals surface area contributed by atoms with E-state index in [2.05, 4.69) is 27.1 Å². The van der Waals surface area contributed by atoms with E-state index in [0.717, 1.165) is 44.9 Å². The minimum atomic E-state index is -0.348. The number of allylic oxidation sites excluding steroid dienone is 5. The van der Waals surface area contributed by atoms with Gasteiger partial charge in [-0.25, -0.2) is 0 Å². The number of pyridine rings is 1. The lowest BCUT2D eigenvalue weighted by Crippen LogP contribution is -2.14. The fourth-order valence-electron chi connectivity index (χ4n) is 3.46. The Hall–Kier alpha value is -4.04. The van der Waals surface area contributed by atoms with Crippen LogP contribution in [0.3, 0.4) is 0 Å². The number of aryl methyl sites for hydroxylation is 1. The van der Waals surface area contributed by atoms with E-state index < -0.39 is 0 Å². The van der Waals surface area contributed by atoms with Crippen LogP contribution in [0, 0.1) is 6.92 Å². The Labute approximate surface area is 215 Å². The van der Waals surface area contributed by atoms with Gasteiger partial charge in [-0.1, -0.05) is 59.8 Å². The Kier molecular flexibility index (Phi) is 9.30. The van der Waals surface area contributed by atoms with Gasteiger partial charge in [-0.05, 0) is 62.3 Å². The number of anilines is 1. The molecule has 0 fully saturated rings. The average molecular weight is 503 g/mol. The van der Waals surface area contributed by atoms with Gasteiger partial charge in [0.05, 0.1) is 12.7 Å². The fourth-order valence-corrected chi connectivity index (χ4v) is 4.05. The molecular weight excluding hydrogens is 472 g/mol. The molecule has 0 radical (unpaired) electrons. The van der Waals surface area contributed by atoms with Crippen LogP contribution in [0.5, 0.6) is 10.9 Å². The smallest absolute Gasteiger partial charge is 0.296 e. The van der Waals surface area contributed by atoms with E-state index in [1.54, 1.807) is 19.4 Å². The first kappa shape index (κ1) is 26.6. The van der Waals surface area contributed by atoms with Crippen molar-refractivity contribution in [2.75, 3.05) is 19.0 Å². The molecule has 0 bridgehead atoms. The van der Waals surface area contributed by atoms with Crippen molar-refractivity contribution in [1.82, 2.24) is 15.2 Å². The quantitative estimate of drug-likeness (QED) is 0.316. The van der Waals surface area contributed by atoms with Crippen LogP contribution in [0.25, 0.3) is 11.1 Å². The number of aromatic nitrogens is 3. The lowest BCUT2D eigenvalue weighted by atomic mass is 9.99. The molecule has 186 valence electrons. The zero-order chi connectivity index (χ0) is 26.1. The van der Waals surface area contributed by atoms with Crippen molar-refractivity contribution in [3.05, 3.63) is 95.4 Å². The number of hydrogen-bond acceptors (Lipinski definition) is 7. The van der Waals surface area contributed by atoms with Crippen LogP contribution in [0.15, 0.2) is 84.1 Å². The summed E-state index contributed by atoms with van der Waals surface area (Å²) in [5.74, 6) is 0.320. The maximum absolute atomic E-state index is 13.2. The second-order valence-corrected chi connectivity index (χ2v) is 8.96. The molecule has 0 aliphatic carbocycles. The third-order valence-corrected chi connectivity index (χ3v) is 6.04. The van der Waals surface area contributed by atoms with Gasteiger partial charge in [0.1, 0.15) is 12.4 Å². The molecule has 0 atom stereocenters. The maximum Gasteiger partial charge on any atom is 0.296 e. The molecule has 0 spiro atoms. The van der Waals surface area contributed by atoms with Crippen LogP contribution >= 0.6 is 11.3 Å². The lowest BCUT2D eigenvalue weighted by molar-refractivity contribution is 0.102. The molecule has 2 aromatic heterocycles. The van der Waals surface area contributed by atoms with Crippen LogP contribution < -0.4 is 14.8 Å². The third-order valence-electron chi connectivity index (χ3n) is 5.29. The van der Waals surface area contributed by atoms with Gasteiger partial charge in [-0.3, -0.25) is 15.1 Å². The van der Waals surface area contributed by atoms with Gasteiger partial charge in [0.15, 0.2) is 0 Å². The molecule has 3 rings (SSSR count). The molecule has 3 aromatic rings. The summed E-state index contributed by atoms with van der Waals surface area (Å²) in [7, 11) is 1.60. The normalized spacial score (nSPS) is 11.3. The van der Waals surface area contributed by atoms with Crippen molar-refractivity contribution in [3.8, 4) is 22.1 Å². The van der Waals surface area contributed by atoms with Gasteiger partial charge in [-0.2, -0.15) is 0 Å². The van der Waals surface area contributed by atoms with Gasteiger partial charge in [-0.15, -0.1) is 5.10 Å². The van der Waals surface area contributed by atoms with Crippen molar-refractivity contribution < 1.29 is 14.3 Å². The Morgan fingerprint density at radius 2 is 1.97 bits per heavy atom. The largest absolute Gasteiger partial charge is 0.496 e. The summed E-state index contributed by atoms with van der Waals surface area (Å²) in [4.78, 5) is 17.5. The van der Waals surface area contributed by atoms with E-state index in [9.17, 15) is 4.79 Å². The van der Waals surface area contributed by atoms with Crippen molar-refractivity contribution in [2.24, 2.45) is 0 Å². The Bertz CT molecular complexity index is 1330. The first-order valence-electron chi connectivity index (χ1n) is 11.4. The molecule has 7 nitrogen and oxygen atoms in total. The molecule has 8 heteroatoms. The summed E-state index contributed by atoms with van der Waals surface area (Å²) < 4.78 is 11.4. The van der Waals surface area contributed by atoms with Crippen LogP contribution in [0.4, 0.5) is 5.13 Å². The van der Waals surface area contributed by atoms with Gasteiger partial charge in [0.2, 0.25) is 5.13 Å². The van der Waals surface area contributed by atoms with Crippen molar-refractivity contribution in [2.45, 2.75) is 27.7 Å². The number of methoxy groups -OCH3 is 1. The molecule has 1 N–H and O–H groups in total. The molecule has 1 amide bonds. The summed E-state index contributed by atoms with van der Waals surface area (Å²) in [6.45, 7) is 12.1. The Balaban J connectivity index is 1.78. The number of nitrogens with one attached hydrogen (secondary N) is 1. The first-order valence-corrected chi connectivity index (χ1v) is 12.2. The van der Waals surface area contributed by atoms with Crippen molar-refractivity contribution in [1.29, 1.82) is 0 Å². The number of carbonyl (C=O) groups is 1. The highest BCUT2D eigenvalue weighted by atomic mass is 32.1. The van der Waals surface area contributed by atoms with E-state index in [1.165, 1.54) is 0 Å². The highest BCUT2D eigenvalue weighted by molar-refractivity contribution is 7.17. The molecule has 0 unspecified atom stereocenters. The summed E-state index contributed by atoms with van der Waals surface area (Å²) in [6, 6.07) is 9.41. The Morgan fingerprint density at radius 1 is 1.19 bits per heavy atom. The van der Waals surface area contributed by atoms with Gasteiger partial charge in [0, 0.05) is 23.0 Å². The number of nitrogens with zero attached hydrogens (tertiary/aromatic N) is 3. The first-order chi connectivity index (χ1) is 17.4. The summed E-state index contributed by atoms with van der Waals surface area (Å²) in [6.07, 6.45) is 9.25. The van der Waals surface area contributed by atoms with E-state index in [4.69, 9.17) is 9.47 Å². The number of para-hydroxylation sites is 1. The molecule has 36 heavy (non-hydrogen) atoms. The van der Waals surface area contributed by atoms with Crippen LogP contribution in [-0.4, -0.2) is 34.8 Å². The second-order valence-electron chi connectivity index (χ2n) is 8.02. The van der Waals surface area contributed by atoms with Crippen LogP contribution in [-0.2, 0) is 0 Å². The molecule has 0 saturated heterocycles. The van der Waals surface area contributed by atoms with Crippen LogP contribution in [0.2, 0.25) is 0 Å². The molecule has 0 aliphatic rings. The summed E-state index contributed by atoms with van der Waals surface area (Å²) >= 11 is 1.16. The monoisotopic (exact) mass is 502 g/mol. The van der Waals surface area contributed by atoms with E-state index in [1.807, 2.05) is 76.3 Å². The molecular formula is C28H30N4O3S. The van der Waals surface area contributed by atoms with Gasteiger partial charge >= 0.3 is 0 Å². The third kappa shape index (κ3) is 6.55. The molecule has 0 aliphatic heterocycles. The number of benzene rings is 1. The number of carbonyl (C=O) groups excluding carboxylic acids is 1. The fraction of sp³-hybridized carbons (Fsp3) is 0.214. The predicted molar refractivity (Wildman–Crippen MR) is 146 cm³/mol. The highest BCUT2D eigenvalue weighted by Gasteiger charge is 2.19. The number of ether oxygens (including phenoxy) is 2. The molecule has 2 heterocycles. The Morgan fingerprint density at radius 3 is 2.67 bits per heavy atom. The van der Waals surface area contributed by atoms with Crippen molar-refractivity contribution in [3.63, 3.8) is 0 Å². The standard InChI is InChI=1S/C28H30N4O3S/c1-7-9-12-20(8-2)24(18(3)4)17-35-28-32-31-27(36-28)30-26(33)23-16-29-19(5)15-22(23)21-13-10-11-14-25(21)34-6/h7-16H,2,17H2,1,3-6H3,(H,30,31,33)/b9-7-,20-12-. The molecule has 1 aromatic carbocycles. The van der Waals surface area contributed by atoms with E-state index in [-0.39, 0.29) is 5.91 Å². The minimum absolute atomic E-state index is 0.306. The molecule has 0 saturated carbocycles. The van der Waals surface area contributed by atoms with Crippen LogP contribution in [0.1, 0.15) is 36.8 Å². The number of hydrogen-bond donors (Lipinski definition) is 1. The van der Waals surface area contributed by atoms with Crippen molar-refractivity contribution >= 4 is 22.4 Å². The lowest BCUT2D eigenvalue weighted by Gasteiger charge is -2.13. The van der Waals surface area contributed by atoms with Gasteiger partial charge < -0.3 is 9.47 Å². The number of rotatable bonds is 10. The summed E-state index contributed by atoms with van der Waals surface area (Å²) in [5.41, 5.74) is 5.81. The van der Waals surface area contributed by atoms with Gasteiger partial charge in [0.25, 0.3) is 11.1 Å². The summed E-state index contributed by atoms with van der Waals surface area (Å²) in [5, 5.41) is 11.6. The number of amides is 1. The zero-order valence-electron chi connectivity index (χ0n) is 21.2. The predicted octanol–water partition coefficient (Wildman–Crippen LogP) is 6.57. The highest BCUT2D eigenvalue weighted by Crippen LogP contribution is 2.33.